The van der Waals surface area contributed by atoms with Crippen LogP contribution in [0.2, 0.25) is 0 Å². The molecule has 3 saturated carbocycles. The third kappa shape index (κ3) is 1.70. The molecule has 18 heavy (non-hydrogen) atoms. The largest absolute Gasteiger partial charge is 0.466 e. The van der Waals surface area contributed by atoms with E-state index in [1.54, 1.807) is 0 Å². The Morgan fingerprint density at radius 2 is 2.22 bits per heavy atom. The number of carbonyl (C=O) groups excluding carboxylic acids is 1. The molecule has 3 aliphatic rings. The quantitative estimate of drug-likeness (QED) is 0.767. The molecular weight excluding hydrogens is 226 g/mol. The normalized spacial score (nSPS) is 46.6. The second kappa shape index (κ2) is 4.52. The highest BCUT2D eigenvalue weighted by molar-refractivity contribution is 5.72. The third-order valence-electron chi connectivity index (χ3n) is 5.90. The number of fused-ring (bicyclic) bond motifs is 3. The molecule has 0 saturated heterocycles. The smallest absolute Gasteiger partial charge is 0.308 e. The number of hydrogen-bond donors (Lipinski definition) is 1. The van der Waals surface area contributed by atoms with Crippen molar-refractivity contribution in [1.29, 1.82) is 0 Å². The van der Waals surface area contributed by atoms with E-state index < -0.39 is 0 Å². The summed E-state index contributed by atoms with van der Waals surface area (Å²) >= 11 is 0. The van der Waals surface area contributed by atoms with Crippen LogP contribution in [0.25, 0.3) is 0 Å². The molecule has 2 unspecified atom stereocenters. The standard InChI is InChI=1S/C15H25NO2/c1-2-18-14(17)11-4-3-7-15(9-11)12-6-5-10(8-12)13(15)16/h10-13H,2-9,16H2,1H3/t10?,11-,12?,13-,15-/m0/s1. The van der Waals surface area contributed by atoms with Gasteiger partial charge in [-0.25, -0.2) is 0 Å². The van der Waals surface area contributed by atoms with Gasteiger partial charge in [0, 0.05) is 6.04 Å². The van der Waals surface area contributed by atoms with E-state index >= 15 is 0 Å². The fraction of sp³-hybridized carbons (Fsp3) is 0.933. The van der Waals surface area contributed by atoms with Crippen LogP contribution in [0.1, 0.15) is 51.9 Å². The van der Waals surface area contributed by atoms with Crippen LogP contribution >= 0.6 is 0 Å². The summed E-state index contributed by atoms with van der Waals surface area (Å²) in [5, 5.41) is 0. The maximum atomic E-state index is 12.0. The first-order valence-corrected chi connectivity index (χ1v) is 7.59. The number of rotatable bonds is 2. The SMILES string of the molecule is CCOC(=O)[C@H]1CCC[C@]2(C1)C1CCC(C1)[C@@H]2N. The van der Waals surface area contributed by atoms with Crippen LogP contribution in [0.15, 0.2) is 0 Å². The molecule has 0 aromatic rings. The predicted octanol–water partition coefficient (Wildman–Crippen LogP) is 2.48. The summed E-state index contributed by atoms with van der Waals surface area (Å²) in [6, 6.07) is 0.341. The summed E-state index contributed by atoms with van der Waals surface area (Å²) in [5.41, 5.74) is 6.79. The van der Waals surface area contributed by atoms with E-state index in [1.165, 1.54) is 25.7 Å². The van der Waals surface area contributed by atoms with Gasteiger partial charge in [0.25, 0.3) is 0 Å². The van der Waals surface area contributed by atoms with Crippen LogP contribution in [0.4, 0.5) is 0 Å². The van der Waals surface area contributed by atoms with Crippen molar-refractivity contribution in [2.75, 3.05) is 6.61 Å². The highest BCUT2D eigenvalue weighted by Crippen LogP contribution is 2.61. The van der Waals surface area contributed by atoms with E-state index in [2.05, 4.69) is 0 Å². The first-order chi connectivity index (χ1) is 8.67. The van der Waals surface area contributed by atoms with Crippen molar-refractivity contribution in [3.05, 3.63) is 0 Å². The maximum absolute atomic E-state index is 12.0. The van der Waals surface area contributed by atoms with E-state index in [0.29, 0.717) is 12.6 Å². The topological polar surface area (TPSA) is 52.3 Å². The van der Waals surface area contributed by atoms with Crippen LogP contribution in [0.5, 0.6) is 0 Å². The molecule has 0 aliphatic heterocycles. The Morgan fingerprint density at radius 1 is 1.39 bits per heavy atom. The Labute approximate surface area is 109 Å². The summed E-state index contributed by atoms with van der Waals surface area (Å²) in [4.78, 5) is 12.0. The summed E-state index contributed by atoms with van der Waals surface area (Å²) in [6.07, 6.45) is 8.37. The monoisotopic (exact) mass is 251 g/mol. The van der Waals surface area contributed by atoms with Gasteiger partial charge < -0.3 is 10.5 Å². The van der Waals surface area contributed by atoms with Crippen molar-refractivity contribution in [3.8, 4) is 0 Å². The summed E-state index contributed by atoms with van der Waals surface area (Å²) in [6.45, 7) is 2.39. The Bertz CT molecular complexity index is 339. The van der Waals surface area contributed by atoms with Gasteiger partial charge in [0.2, 0.25) is 0 Å². The van der Waals surface area contributed by atoms with Gasteiger partial charge in [-0.1, -0.05) is 6.42 Å². The highest BCUT2D eigenvalue weighted by Gasteiger charge is 2.58. The lowest BCUT2D eigenvalue weighted by atomic mass is 9.59. The molecule has 0 aromatic carbocycles. The van der Waals surface area contributed by atoms with Gasteiger partial charge >= 0.3 is 5.97 Å². The molecule has 3 heteroatoms. The minimum atomic E-state index is 0.0200. The molecule has 1 spiro atoms. The highest BCUT2D eigenvalue weighted by atomic mass is 16.5. The molecule has 0 radical (unpaired) electrons. The molecule has 3 fully saturated rings. The minimum Gasteiger partial charge on any atom is -0.466 e. The maximum Gasteiger partial charge on any atom is 0.308 e. The number of hydrogen-bond acceptors (Lipinski definition) is 3. The Balaban J connectivity index is 1.75. The Morgan fingerprint density at radius 3 is 2.89 bits per heavy atom. The van der Waals surface area contributed by atoms with E-state index in [-0.39, 0.29) is 17.3 Å². The van der Waals surface area contributed by atoms with Crippen LogP contribution in [-0.4, -0.2) is 18.6 Å². The van der Waals surface area contributed by atoms with Gasteiger partial charge in [-0.2, -0.15) is 0 Å². The Hall–Kier alpha value is -0.570. The van der Waals surface area contributed by atoms with Crippen molar-refractivity contribution >= 4 is 5.97 Å². The molecule has 3 rings (SSSR count). The molecule has 0 amide bonds. The molecule has 3 aliphatic carbocycles. The number of carbonyl (C=O) groups is 1. The van der Waals surface area contributed by atoms with E-state index in [1.807, 2.05) is 6.92 Å². The molecule has 5 atom stereocenters. The number of nitrogens with two attached hydrogens (primary N) is 1. The molecule has 0 aromatic heterocycles. The molecule has 0 heterocycles. The summed E-state index contributed by atoms with van der Waals surface area (Å²) in [5.74, 6) is 1.65. The molecule has 2 bridgehead atoms. The second-order valence-electron chi connectivity index (χ2n) is 6.57. The van der Waals surface area contributed by atoms with Gasteiger partial charge in [0.05, 0.1) is 12.5 Å². The lowest BCUT2D eigenvalue weighted by molar-refractivity contribution is -0.151. The van der Waals surface area contributed by atoms with Crippen molar-refractivity contribution in [2.24, 2.45) is 28.9 Å². The van der Waals surface area contributed by atoms with E-state index in [0.717, 1.165) is 31.1 Å². The average molecular weight is 251 g/mol. The molecule has 102 valence electrons. The first kappa shape index (κ1) is 12.5. The lowest BCUT2D eigenvalue weighted by Gasteiger charge is -2.47. The van der Waals surface area contributed by atoms with Crippen molar-refractivity contribution in [2.45, 2.75) is 57.9 Å². The van der Waals surface area contributed by atoms with Gasteiger partial charge in [-0.3, -0.25) is 4.79 Å². The van der Waals surface area contributed by atoms with Crippen molar-refractivity contribution in [1.82, 2.24) is 0 Å². The second-order valence-corrected chi connectivity index (χ2v) is 6.57. The molecule has 2 N–H and O–H groups in total. The van der Waals surface area contributed by atoms with E-state index in [9.17, 15) is 4.79 Å². The lowest BCUT2D eigenvalue weighted by Crippen LogP contribution is -2.49. The molecule has 3 nitrogen and oxygen atoms in total. The zero-order valence-corrected chi connectivity index (χ0v) is 11.4. The van der Waals surface area contributed by atoms with Gasteiger partial charge in [-0.05, 0) is 62.7 Å². The van der Waals surface area contributed by atoms with Crippen LogP contribution in [0.3, 0.4) is 0 Å². The third-order valence-corrected chi connectivity index (χ3v) is 5.90. The van der Waals surface area contributed by atoms with Crippen molar-refractivity contribution < 1.29 is 9.53 Å². The minimum absolute atomic E-state index is 0.0200. The summed E-state index contributed by atoms with van der Waals surface area (Å²) in [7, 11) is 0. The fourth-order valence-corrected chi connectivity index (χ4v) is 5.08. The van der Waals surface area contributed by atoms with Gasteiger partial charge in [0.15, 0.2) is 0 Å². The molecular formula is C15H25NO2. The Kier molecular flexibility index (Phi) is 3.13. The van der Waals surface area contributed by atoms with Crippen LogP contribution in [0, 0.1) is 23.2 Å². The van der Waals surface area contributed by atoms with Crippen LogP contribution in [-0.2, 0) is 9.53 Å². The zero-order valence-electron chi connectivity index (χ0n) is 11.4. The first-order valence-electron chi connectivity index (χ1n) is 7.59. The predicted molar refractivity (Wildman–Crippen MR) is 69.8 cm³/mol. The number of ether oxygens (including phenoxy) is 1. The zero-order chi connectivity index (χ0) is 12.8. The fourth-order valence-electron chi connectivity index (χ4n) is 5.08. The van der Waals surface area contributed by atoms with Crippen LogP contribution < -0.4 is 5.73 Å². The number of esters is 1. The van der Waals surface area contributed by atoms with E-state index in [4.69, 9.17) is 10.5 Å². The van der Waals surface area contributed by atoms with Crippen molar-refractivity contribution in [3.63, 3.8) is 0 Å². The van der Waals surface area contributed by atoms with Gasteiger partial charge in [0.1, 0.15) is 0 Å². The summed E-state index contributed by atoms with van der Waals surface area (Å²) < 4.78 is 5.22. The van der Waals surface area contributed by atoms with Gasteiger partial charge in [-0.15, -0.1) is 0 Å². The average Bonchev–Trinajstić information content (AvgIpc) is 2.94.